The maximum atomic E-state index is 12.3. The number of nitrogens with one attached hydrogen (secondary N) is 1. The zero-order valence-corrected chi connectivity index (χ0v) is 18.5. The number of nitrogens with zero attached hydrogens (tertiary/aromatic N) is 3. The zero-order valence-electron chi connectivity index (χ0n) is 16.1. The van der Waals surface area contributed by atoms with Crippen LogP contribution in [0.4, 0.5) is 5.69 Å². The first-order chi connectivity index (χ1) is 13.8. The number of aromatic nitrogens is 3. The van der Waals surface area contributed by atoms with Gasteiger partial charge in [-0.05, 0) is 37.6 Å². The van der Waals surface area contributed by atoms with Gasteiger partial charge in [0.05, 0.1) is 10.8 Å². The highest BCUT2D eigenvalue weighted by Crippen LogP contribution is 2.31. The van der Waals surface area contributed by atoms with E-state index in [1.54, 1.807) is 22.8 Å². The molecular formula is C20H20Cl2N4O2S. The van der Waals surface area contributed by atoms with Crippen molar-refractivity contribution in [1.82, 2.24) is 14.8 Å². The molecular weight excluding hydrogens is 431 g/mol. The van der Waals surface area contributed by atoms with Crippen molar-refractivity contribution in [3.63, 3.8) is 0 Å². The molecule has 0 aliphatic carbocycles. The molecule has 29 heavy (non-hydrogen) atoms. The first-order valence-corrected chi connectivity index (χ1v) is 10.6. The number of amides is 1. The number of ether oxygens (including phenoxy) is 1. The maximum Gasteiger partial charge on any atom is 0.234 e. The SMILES string of the molecule is Cc1ccccc1NC(=O)CSc1nnc(C(C)Oc2cc(Cl)ccc2Cl)n1C. The third-order valence-electron chi connectivity index (χ3n) is 4.18. The number of para-hydroxylation sites is 1. The average molecular weight is 451 g/mol. The van der Waals surface area contributed by atoms with Crippen LogP contribution < -0.4 is 10.1 Å². The molecule has 0 aliphatic rings. The van der Waals surface area contributed by atoms with Gasteiger partial charge in [0.15, 0.2) is 17.1 Å². The van der Waals surface area contributed by atoms with Crippen LogP contribution in [-0.4, -0.2) is 26.4 Å². The lowest BCUT2D eigenvalue weighted by atomic mass is 10.2. The van der Waals surface area contributed by atoms with Gasteiger partial charge in [0.2, 0.25) is 5.91 Å². The number of carbonyl (C=O) groups is 1. The van der Waals surface area contributed by atoms with Gasteiger partial charge in [-0.1, -0.05) is 53.2 Å². The molecule has 3 aromatic rings. The molecule has 152 valence electrons. The second-order valence-corrected chi connectivity index (χ2v) is 8.17. The molecule has 3 rings (SSSR count). The second kappa shape index (κ2) is 9.52. The summed E-state index contributed by atoms with van der Waals surface area (Å²) in [5.74, 6) is 1.20. The van der Waals surface area contributed by atoms with Crippen molar-refractivity contribution in [2.75, 3.05) is 11.1 Å². The minimum absolute atomic E-state index is 0.108. The highest BCUT2D eigenvalue weighted by molar-refractivity contribution is 7.99. The molecule has 0 saturated carbocycles. The number of halogens is 2. The number of benzene rings is 2. The summed E-state index contributed by atoms with van der Waals surface area (Å²) in [4.78, 5) is 12.3. The molecule has 0 fully saturated rings. The summed E-state index contributed by atoms with van der Waals surface area (Å²) >= 11 is 13.5. The Labute approximate surface area is 183 Å². The molecule has 0 aliphatic heterocycles. The van der Waals surface area contributed by atoms with E-state index >= 15 is 0 Å². The van der Waals surface area contributed by atoms with Gasteiger partial charge in [0.25, 0.3) is 0 Å². The lowest BCUT2D eigenvalue weighted by Crippen LogP contribution is -2.15. The van der Waals surface area contributed by atoms with Crippen LogP contribution in [0.25, 0.3) is 0 Å². The van der Waals surface area contributed by atoms with Crippen LogP contribution >= 0.6 is 35.0 Å². The first kappa shape index (κ1) is 21.5. The van der Waals surface area contributed by atoms with Gasteiger partial charge in [0.1, 0.15) is 5.75 Å². The summed E-state index contributed by atoms with van der Waals surface area (Å²) in [6.45, 7) is 3.80. The summed E-state index contributed by atoms with van der Waals surface area (Å²) in [7, 11) is 1.83. The van der Waals surface area contributed by atoms with E-state index in [2.05, 4.69) is 15.5 Å². The summed E-state index contributed by atoms with van der Waals surface area (Å²) in [6, 6.07) is 12.7. The van der Waals surface area contributed by atoms with Crippen LogP contribution in [0, 0.1) is 6.92 Å². The minimum Gasteiger partial charge on any atom is -0.481 e. The molecule has 1 unspecified atom stereocenters. The zero-order chi connectivity index (χ0) is 21.0. The molecule has 1 heterocycles. The van der Waals surface area contributed by atoms with Gasteiger partial charge in [-0.15, -0.1) is 10.2 Å². The predicted octanol–water partition coefficient (Wildman–Crippen LogP) is 5.30. The van der Waals surface area contributed by atoms with Gasteiger partial charge >= 0.3 is 0 Å². The normalized spacial score (nSPS) is 11.9. The smallest absolute Gasteiger partial charge is 0.234 e. The Kier molecular flexibility index (Phi) is 7.05. The van der Waals surface area contributed by atoms with E-state index in [4.69, 9.17) is 27.9 Å². The third-order valence-corrected chi connectivity index (χ3v) is 5.75. The molecule has 0 spiro atoms. The maximum absolute atomic E-state index is 12.3. The molecule has 0 bridgehead atoms. The van der Waals surface area contributed by atoms with Crippen molar-refractivity contribution in [3.8, 4) is 5.75 Å². The fourth-order valence-electron chi connectivity index (χ4n) is 2.65. The third kappa shape index (κ3) is 5.44. The van der Waals surface area contributed by atoms with Gasteiger partial charge in [-0.25, -0.2) is 0 Å². The van der Waals surface area contributed by atoms with Crippen molar-refractivity contribution in [2.45, 2.75) is 25.1 Å². The average Bonchev–Trinajstić information content (AvgIpc) is 3.05. The number of anilines is 1. The molecule has 1 aromatic heterocycles. The Bertz CT molecular complexity index is 1030. The van der Waals surface area contributed by atoms with Gasteiger partial charge < -0.3 is 14.6 Å². The number of rotatable bonds is 7. The van der Waals surface area contributed by atoms with E-state index in [9.17, 15) is 4.79 Å². The van der Waals surface area contributed by atoms with Crippen LogP contribution in [0.2, 0.25) is 10.0 Å². The molecule has 1 atom stereocenters. The molecule has 9 heteroatoms. The largest absolute Gasteiger partial charge is 0.481 e. The lowest BCUT2D eigenvalue weighted by Gasteiger charge is -2.15. The Morgan fingerprint density at radius 2 is 2.00 bits per heavy atom. The Hall–Kier alpha value is -2.22. The summed E-state index contributed by atoms with van der Waals surface area (Å²) in [6.07, 6.45) is -0.404. The minimum atomic E-state index is -0.404. The van der Waals surface area contributed by atoms with Crippen molar-refractivity contribution in [1.29, 1.82) is 0 Å². The van der Waals surface area contributed by atoms with Gasteiger partial charge in [-0.3, -0.25) is 4.79 Å². The second-order valence-electron chi connectivity index (χ2n) is 6.39. The predicted molar refractivity (Wildman–Crippen MR) is 117 cm³/mol. The Balaban J connectivity index is 1.62. The van der Waals surface area contributed by atoms with E-state index < -0.39 is 6.10 Å². The summed E-state index contributed by atoms with van der Waals surface area (Å²) in [5.41, 5.74) is 1.81. The van der Waals surface area contributed by atoms with Crippen LogP contribution in [-0.2, 0) is 11.8 Å². The van der Waals surface area contributed by atoms with E-state index in [1.165, 1.54) is 11.8 Å². The Morgan fingerprint density at radius 3 is 2.76 bits per heavy atom. The van der Waals surface area contributed by atoms with Crippen LogP contribution in [0.1, 0.15) is 24.4 Å². The molecule has 0 radical (unpaired) electrons. The van der Waals surface area contributed by atoms with E-state index in [1.807, 2.05) is 45.2 Å². The van der Waals surface area contributed by atoms with Crippen molar-refractivity contribution >= 4 is 46.6 Å². The highest BCUT2D eigenvalue weighted by atomic mass is 35.5. The van der Waals surface area contributed by atoms with Gasteiger partial charge in [0, 0.05) is 23.8 Å². The van der Waals surface area contributed by atoms with Crippen LogP contribution in [0.5, 0.6) is 5.75 Å². The highest BCUT2D eigenvalue weighted by Gasteiger charge is 2.19. The van der Waals surface area contributed by atoms with Crippen LogP contribution in [0.15, 0.2) is 47.6 Å². The van der Waals surface area contributed by atoms with E-state index in [-0.39, 0.29) is 11.7 Å². The van der Waals surface area contributed by atoms with Crippen molar-refractivity contribution in [2.24, 2.45) is 7.05 Å². The summed E-state index contributed by atoms with van der Waals surface area (Å²) in [5, 5.41) is 12.9. The topological polar surface area (TPSA) is 69.0 Å². The molecule has 0 saturated heterocycles. The van der Waals surface area contributed by atoms with Gasteiger partial charge in [-0.2, -0.15) is 0 Å². The molecule has 6 nitrogen and oxygen atoms in total. The first-order valence-electron chi connectivity index (χ1n) is 8.84. The fourth-order valence-corrected chi connectivity index (χ4v) is 3.69. The number of hydrogen-bond donors (Lipinski definition) is 1. The number of hydrogen-bond acceptors (Lipinski definition) is 5. The quantitative estimate of drug-likeness (QED) is 0.494. The number of thioether (sulfide) groups is 1. The van der Waals surface area contributed by atoms with Crippen LogP contribution in [0.3, 0.4) is 0 Å². The lowest BCUT2D eigenvalue weighted by molar-refractivity contribution is -0.113. The van der Waals surface area contributed by atoms with Crippen molar-refractivity contribution in [3.05, 3.63) is 63.9 Å². The Morgan fingerprint density at radius 1 is 1.24 bits per heavy atom. The molecule has 1 N–H and O–H groups in total. The number of aryl methyl sites for hydroxylation is 1. The fraction of sp³-hybridized carbons (Fsp3) is 0.250. The molecule has 1 amide bonds. The standard InChI is InChI=1S/C20H20Cl2N4O2S/c1-12-6-4-5-7-16(12)23-18(27)11-29-20-25-24-19(26(20)3)13(2)28-17-10-14(21)8-9-15(17)22/h4-10,13H,11H2,1-3H3,(H,23,27). The number of carbonyl (C=O) groups excluding carboxylic acids is 1. The van der Waals surface area contributed by atoms with Crippen molar-refractivity contribution < 1.29 is 9.53 Å². The van der Waals surface area contributed by atoms with E-state index in [0.29, 0.717) is 26.8 Å². The monoisotopic (exact) mass is 450 g/mol. The van der Waals surface area contributed by atoms with E-state index in [0.717, 1.165) is 11.3 Å². The summed E-state index contributed by atoms with van der Waals surface area (Å²) < 4.78 is 7.70. The molecule has 2 aromatic carbocycles.